The van der Waals surface area contributed by atoms with Gasteiger partial charge >= 0.3 is 5.97 Å². The fourth-order valence-electron chi connectivity index (χ4n) is 2.25. The number of methoxy groups -OCH3 is 1. The maximum atomic E-state index is 12.1. The van der Waals surface area contributed by atoms with Crippen LogP contribution in [0.25, 0.3) is 0 Å². The molecule has 0 aliphatic rings. The predicted molar refractivity (Wildman–Crippen MR) is 102 cm³/mol. The summed E-state index contributed by atoms with van der Waals surface area (Å²) in [7, 11) is -1.75. The number of sulfone groups is 1. The van der Waals surface area contributed by atoms with E-state index in [0.717, 1.165) is 6.26 Å². The quantitative estimate of drug-likeness (QED) is 0.703. The molecule has 1 amide bonds. The van der Waals surface area contributed by atoms with Gasteiger partial charge in [0.15, 0.2) is 16.4 Å². The van der Waals surface area contributed by atoms with E-state index >= 15 is 0 Å². The first-order valence-electron chi connectivity index (χ1n) is 7.75. The molecule has 27 heavy (non-hydrogen) atoms. The number of ether oxygens (including phenoxy) is 2. The van der Waals surface area contributed by atoms with Crippen molar-refractivity contribution in [3.63, 3.8) is 0 Å². The van der Waals surface area contributed by atoms with E-state index in [-0.39, 0.29) is 11.3 Å². The molecule has 0 radical (unpaired) electrons. The summed E-state index contributed by atoms with van der Waals surface area (Å²) >= 11 is 5.98. The van der Waals surface area contributed by atoms with Crippen molar-refractivity contribution in [3.05, 3.63) is 58.6 Å². The third-order valence-electron chi connectivity index (χ3n) is 3.36. The van der Waals surface area contributed by atoms with Crippen LogP contribution >= 0.6 is 11.6 Å². The Hall–Kier alpha value is -2.58. The Balaban J connectivity index is 1.94. The number of hydrogen-bond donors (Lipinski definition) is 1. The molecule has 2 aromatic carbocycles. The Morgan fingerprint density at radius 2 is 1.89 bits per heavy atom. The number of rotatable bonds is 7. The van der Waals surface area contributed by atoms with Gasteiger partial charge in [-0.15, -0.1) is 0 Å². The normalized spacial score (nSPS) is 10.9. The molecule has 0 aliphatic heterocycles. The van der Waals surface area contributed by atoms with E-state index in [4.69, 9.17) is 21.1 Å². The molecule has 0 saturated heterocycles. The number of carbonyl (C=O) groups excluding carboxylic acids is 2. The molecular formula is C18H18ClNO6S. The first-order valence-corrected chi connectivity index (χ1v) is 10.2. The summed E-state index contributed by atoms with van der Waals surface area (Å²) in [6.45, 7) is -0.501. The molecule has 0 heterocycles. The molecule has 9 heteroatoms. The van der Waals surface area contributed by atoms with Gasteiger partial charge in [-0.2, -0.15) is 0 Å². The first kappa shape index (κ1) is 20.7. The standard InChI is InChI=1S/C18H18ClNO6S/c1-25-16-7-6-14(9-15(16)19)20-17(21)10-26-18(22)13-5-3-4-12(8-13)11-27(2,23)24/h3-9H,10-11H2,1-2H3,(H,20,21). The minimum Gasteiger partial charge on any atom is -0.495 e. The summed E-state index contributed by atoms with van der Waals surface area (Å²) in [4.78, 5) is 24.0. The first-order chi connectivity index (χ1) is 12.7. The summed E-state index contributed by atoms with van der Waals surface area (Å²) < 4.78 is 32.7. The van der Waals surface area contributed by atoms with Crippen LogP contribution in [0.1, 0.15) is 15.9 Å². The lowest BCUT2D eigenvalue weighted by Crippen LogP contribution is -2.21. The molecule has 0 fully saturated rings. The second-order valence-electron chi connectivity index (χ2n) is 5.74. The fraction of sp³-hybridized carbons (Fsp3) is 0.222. The zero-order chi connectivity index (χ0) is 20.0. The molecule has 1 N–H and O–H groups in total. The van der Waals surface area contributed by atoms with Crippen molar-refractivity contribution in [2.75, 3.05) is 25.3 Å². The Morgan fingerprint density at radius 3 is 2.52 bits per heavy atom. The van der Waals surface area contributed by atoms with Crippen molar-refractivity contribution in [2.45, 2.75) is 5.75 Å². The Kier molecular flexibility index (Phi) is 6.81. The summed E-state index contributed by atoms with van der Waals surface area (Å²) in [6, 6.07) is 10.7. The topological polar surface area (TPSA) is 98.8 Å². The van der Waals surface area contributed by atoms with Crippen molar-refractivity contribution in [1.82, 2.24) is 0 Å². The number of carbonyl (C=O) groups is 2. The van der Waals surface area contributed by atoms with Gasteiger partial charge in [0.2, 0.25) is 0 Å². The van der Waals surface area contributed by atoms with Crippen molar-refractivity contribution in [2.24, 2.45) is 0 Å². The van der Waals surface area contributed by atoms with Crippen molar-refractivity contribution >= 4 is 39.0 Å². The monoisotopic (exact) mass is 411 g/mol. The highest BCUT2D eigenvalue weighted by molar-refractivity contribution is 7.89. The van der Waals surface area contributed by atoms with E-state index in [2.05, 4.69) is 5.32 Å². The summed E-state index contributed by atoms with van der Waals surface area (Å²) in [6.07, 6.45) is 1.10. The van der Waals surface area contributed by atoms with Crippen LogP contribution < -0.4 is 10.1 Å². The average molecular weight is 412 g/mol. The Bertz CT molecular complexity index is 958. The predicted octanol–water partition coefficient (Wildman–Crippen LogP) is 2.69. The van der Waals surface area contributed by atoms with Gasteiger partial charge in [-0.25, -0.2) is 13.2 Å². The van der Waals surface area contributed by atoms with Gasteiger partial charge in [0.25, 0.3) is 5.91 Å². The molecule has 0 unspecified atom stereocenters. The maximum absolute atomic E-state index is 12.1. The fourth-order valence-corrected chi connectivity index (χ4v) is 3.29. The third-order valence-corrected chi connectivity index (χ3v) is 4.51. The smallest absolute Gasteiger partial charge is 0.338 e. The number of nitrogens with one attached hydrogen (secondary N) is 1. The van der Waals surface area contributed by atoms with Gasteiger partial charge in [0.05, 0.1) is 23.4 Å². The number of esters is 1. The van der Waals surface area contributed by atoms with Gasteiger partial charge in [-0.1, -0.05) is 23.7 Å². The Morgan fingerprint density at radius 1 is 1.15 bits per heavy atom. The van der Waals surface area contributed by atoms with E-state index in [1.54, 1.807) is 24.3 Å². The molecule has 7 nitrogen and oxygen atoms in total. The average Bonchev–Trinajstić information content (AvgIpc) is 2.58. The second kappa shape index (κ2) is 8.88. The van der Waals surface area contributed by atoms with Gasteiger partial charge in [0, 0.05) is 11.9 Å². The molecular weight excluding hydrogens is 394 g/mol. The highest BCUT2D eigenvalue weighted by Gasteiger charge is 2.13. The van der Waals surface area contributed by atoms with Crippen LogP contribution in [0.5, 0.6) is 5.75 Å². The SMILES string of the molecule is COc1ccc(NC(=O)COC(=O)c2cccc(CS(C)(=O)=O)c2)cc1Cl. The molecule has 2 rings (SSSR count). The van der Waals surface area contributed by atoms with Crippen LogP contribution in [0.15, 0.2) is 42.5 Å². The summed E-state index contributed by atoms with van der Waals surface area (Å²) in [5.74, 6) is -0.993. The number of amides is 1. The molecule has 0 aromatic heterocycles. The Labute approximate surface area is 162 Å². The number of anilines is 1. The van der Waals surface area contributed by atoms with Crippen LogP contribution in [0.2, 0.25) is 5.02 Å². The van der Waals surface area contributed by atoms with Crippen molar-refractivity contribution in [1.29, 1.82) is 0 Å². The van der Waals surface area contributed by atoms with Crippen LogP contribution in [0, 0.1) is 0 Å². The molecule has 0 bridgehead atoms. The van der Waals surface area contributed by atoms with E-state index < -0.39 is 28.3 Å². The largest absolute Gasteiger partial charge is 0.495 e. The maximum Gasteiger partial charge on any atom is 0.338 e. The molecule has 0 saturated carbocycles. The molecule has 0 spiro atoms. The van der Waals surface area contributed by atoms with Crippen LogP contribution in [0.3, 0.4) is 0 Å². The minimum absolute atomic E-state index is 0.163. The van der Waals surface area contributed by atoms with Gasteiger partial charge in [-0.3, -0.25) is 4.79 Å². The second-order valence-corrected chi connectivity index (χ2v) is 8.29. The van der Waals surface area contributed by atoms with E-state index in [0.29, 0.717) is 22.0 Å². The zero-order valence-electron chi connectivity index (χ0n) is 14.7. The summed E-state index contributed by atoms with van der Waals surface area (Å²) in [5.41, 5.74) is 1.05. The number of benzene rings is 2. The number of halogens is 1. The lowest BCUT2D eigenvalue weighted by molar-refractivity contribution is -0.119. The van der Waals surface area contributed by atoms with Crippen LogP contribution in [-0.4, -0.2) is 40.3 Å². The van der Waals surface area contributed by atoms with Crippen LogP contribution in [0.4, 0.5) is 5.69 Å². The van der Waals surface area contributed by atoms with Crippen molar-refractivity contribution in [3.8, 4) is 5.75 Å². The van der Waals surface area contributed by atoms with Crippen LogP contribution in [-0.2, 0) is 25.1 Å². The third kappa shape index (κ3) is 6.58. The van der Waals surface area contributed by atoms with Gasteiger partial charge in [0.1, 0.15) is 5.75 Å². The highest BCUT2D eigenvalue weighted by Crippen LogP contribution is 2.27. The van der Waals surface area contributed by atoms with E-state index in [1.165, 1.54) is 25.3 Å². The minimum atomic E-state index is -3.22. The summed E-state index contributed by atoms with van der Waals surface area (Å²) in [5, 5.41) is 2.88. The van der Waals surface area contributed by atoms with Gasteiger partial charge in [-0.05, 0) is 35.9 Å². The lowest BCUT2D eigenvalue weighted by atomic mass is 10.1. The van der Waals surface area contributed by atoms with Gasteiger partial charge < -0.3 is 14.8 Å². The number of hydrogen-bond acceptors (Lipinski definition) is 6. The van der Waals surface area contributed by atoms with E-state index in [1.807, 2.05) is 0 Å². The lowest BCUT2D eigenvalue weighted by Gasteiger charge is -2.09. The molecule has 144 valence electrons. The highest BCUT2D eigenvalue weighted by atomic mass is 35.5. The van der Waals surface area contributed by atoms with Crippen molar-refractivity contribution < 1.29 is 27.5 Å². The molecule has 2 aromatic rings. The molecule has 0 atom stereocenters. The zero-order valence-corrected chi connectivity index (χ0v) is 16.3. The van der Waals surface area contributed by atoms with E-state index in [9.17, 15) is 18.0 Å². The molecule has 0 aliphatic carbocycles.